The summed E-state index contributed by atoms with van der Waals surface area (Å²) in [6, 6.07) is 7.31. The number of halogens is 1. The molecule has 1 heterocycles. The maximum Gasteiger partial charge on any atom is 0.249 e. The van der Waals surface area contributed by atoms with Gasteiger partial charge in [0, 0.05) is 17.3 Å². The van der Waals surface area contributed by atoms with Gasteiger partial charge in [0.2, 0.25) is 5.95 Å². The summed E-state index contributed by atoms with van der Waals surface area (Å²) < 4.78 is 0. The van der Waals surface area contributed by atoms with Gasteiger partial charge >= 0.3 is 0 Å². The Morgan fingerprint density at radius 3 is 3.06 bits per heavy atom. The molecule has 2 aromatic rings. The molecule has 0 unspecified atom stereocenters. The van der Waals surface area contributed by atoms with E-state index < -0.39 is 0 Å². The highest BCUT2D eigenvalue weighted by Crippen LogP contribution is 2.17. The van der Waals surface area contributed by atoms with Crippen molar-refractivity contribution >= 4 is 29.1 Å². The van der Waals surface area contributed by atoms with Gasteiger partial charge in [-0.1, -0.05) is 23.7 Å². The zero-order valence-electron chi connectivity index (χ0n) is 9.60. The number of hydrogen-bond donors (Lipinski definition) is 2. The van der Waals surface area contributed by atoms with Crippen molar-refractivity contribution in [3.8, 4) is 0 Å². The molecule has 0 saturated carbocycles. The number of hydrogen-bond acceptors (Lipinski definition) is 5. The lowest BCUT2D eigenvalue weighted by Crippen LogP contribution is -2.05. The standard InChI is InChI=1S/C12H12ClN5/c1-2-6-14-11-8-15-18-12(17-11)16-10-5-3-4-9(13)7-10/h2-5,7-8H,1,6H2,(H2,14,16,17,18). The zero-order valence-corrected chi connectivity index (χ0v) is 10.4. The van der Waals surface area contributed by atoms with Gasteiger partial charge in [-0.15, -0.1) is 11.7 Å². The Labute approximate surface area is 110 Å². The van der Waals surface area contributed by atoms with Gasteiger partial charge in [0.1, 0.15) is 0 Å². The van der Waals surface area contributed by atoms with Gasteiger partial charge in [0.05, 0.1) is 6.20 Å². The Morgan fingerprint density at radius 1 is 1.39 bits per heavy atom. The predicted octanol–water partition coefficient (Wildman–Crippen LogP) is 2.87. The minimum Gasteiger partial charge on any atom is -0.365 e. The van der Waals surface area contributed by atoms with E-state index in [2.05, 4.69) is 32.4 Å². The van der Waals surface area contributed by atoms with E-state index in [0.29, 0.717) is 23.3 Å². The van der Waals surface area contributed by atoms with E-state index >= 15 is 0 Å². The fourth-order valence-corrected chi connectivity index (χ4v) is 1.50. The van der Waals surface area contributed by atoms with Crippen molar-refractivity contribution in [2.24, 2.45) is 0 Å². The largest absolute Gasteiger partial charge is 0.365 e. The van der Waals surface area contributed by atoms with Crippen LogP contribution in [0.1, 0.15) is 0 Å². The maximum atomic E-state index is 5.89. The molecule has 92 valence electrons. The average molecular weight is 262 g/mol. The lowest BCUT2D eigenvalue weighted by Gasteiger charge is -2.06. The van der Waals surface area contributed by atoms with Crippen LogP contribution >= 0.6 is 11.6 Å². The molecule has 0 saturated heterocycles. The van der Waals surface area contributed by atoms with Crippen LogP contribution in [0.3, 0.4) is 0 Å². The topological polar surface area (TPSA) is 62.7 Å². The van der Waals surface area contributed by atoms with Crippen molar-refractivity contribution in [1.29, 1.82) is 0 Å². The summed E-state index contributed by atoms with van der Waals surface area (Å²) in [5.74, 6) is 1.04. The third kappa shape index (κ3) is 3.43. The highest BCUT2D eigenvalue weighted by Gasteiger charge is 2.00. The van der Waals surface area contributed by atoms with E-state index in [1.165, 1.54) is 0 Å². The number of nitrogens with zero attached hydrogens (tertiary/aromatic N) is 3. The Kier molecular flexibility index (Phi) is 4.09. The molecular formula is C12H12ClN5. The third-order valence-electron chi connectivity index (χ3n) is 2.07. The van der Waals surface area contributed by atoms with Crippen LogP contribution in [0.15, 0.2) is 43.1 Å². The van der Waals surface area contributed by atoms with Crippen LogP contribution in [0.2, 0.25) is 5.02 Å². The van der Waals surface area contributed by atoms with Gasteiger partial charge in [0.15, 0.2) is 5.82 Å². The molecule has 18 heavy (non-hydrogen) atoms. The summed E-state index contributed by atoms with van der Waals surface area (Å²) in [7, 11) is 0. The second-order valence-electron chi connectivity index (χ2n) is 3.47. The Bertz CT molecular complexity index is 543. The van der Waals surface area contributed by atoms with Gasteiger partial charge < -0.3 is 10.6 Å². The summed E-state index contributed by atoms with van der Waals surface area (Å²) in [6.45, 7) is 4.24. The minimum atomic E-state index is 0.409. The number of benzene rings is 1. The highest BCUT2D eigenvalue weighted by molar-refractivity contribution is 6.30. The number of nitrogens with one attached hydrogen (secondary N) is 2. The van der Waals surface area contributed by atoms with Gasteiger partial charge in [-0.3, -0.25) is 0 Å². The molecule has 0 aliphatic heterocycles. The number of aromatic nitrogens is 3. The summed E-state index contributed by atoms with van der Waals surface area (Å²) in [6.07, 6.45) is 3.29. The normalized spacial score (nSPS) is 9.83. The molecule has 2 N–H and O–H groups in total. The fraction of sp³-hybridized carbons (Fsp3) is 0.0833. The molecule has 0 amide bonds. The van der Waals surface area contributed by atoms with Crippen LogP contribution in [0.5, 0.6) is 0 Å². The maximum absolute atomic E-state index is 5.89. The first-order valence-corrected chi connectivity index (χ1v) is 5.73. The SMILES string of the molecule is C=CCNc1cnnc(Nc2cccc(Cl)c2)n1. The van der Waals surface area contributed by atoms with Crippen molar-refractivity contribution < 1.29 is 0 Å². The molecule has 1 aromatic carbocycles. The lowest BCUT2D eigenvalue weighted by atomic mass is 10.3. The molecule has 0 aliphatic carbocycles. The summed E-state index contributed by atoms with van der Waals surface area (Å²) in [5.41, 5.74) is 0.810. The van der Waals surface area contributed by atoms with Crippen LogP contribution in [0, 0.1) is 0 Å². The van der Waals surface area contributed by atoms with Crippen LogP contribution in [0.4, 0.5) is 17.5 Å². The van der Waals surface area contributed by atoms with Crippen LogP contribution in [0.25, 0.3) is 0 Å². The number of anilines is 3. The van der Waals surface area contributed by atoms with Gasteiger partial charge in [0.25, 0.3) is 0 Å². The lowest BCUT2D eigenvalue weighted by molar-refractivity contribution is 0.976. The molecule has 2 rings (SSSR count). The fourth-order valence-electron chi connectivity index (χ4n) is 1.31. The van der Waals surface area contributed by atoms with Gasteiger partial charge in [-0.2, -0.15) is 10.1 Å². The Balaban J connectivity index is 2.11. The third-order valence-corrected chi connectivity index (χ3v) is 2.30. The predicted molar refractivity (Wildman–Crippen MR) is 73.2 cm³/mol. The summed E-state index contributed by atoms with van der Waals surface area (Å²) in [5, 5.41) is 14.5. The quantitative estimate of drug-likeness (QED) is 0.811. The van der Waals surface area contributed by atoms with Crippen LogP contribution in [-0.2, 0) is 0 Å². The Hall–Kier alpha value is -2.14. The minimum absolute atomic E-state index is 0.409. The van der Waals surface area contributed by atoms with Crippen molar-refractivity contribution in [1.82, 2.24) is 15.2 Å². The molecule has 0 fully saturated rings. The number of rotatable bonds is 5. The van der Waals surface area contributed by atoms with E-state index in [-0.39, 0.29) is 0 Å². The molecule has 0 aliphatic rings. The molecule has 6 heteroatoms. The second-order valence-corrected chi connectivity index (χ2v) is 3.91. The van der Waals surface area contributed by atoms with Gasteiger partial charge in [-0.25, -0.2) is 0 Å². The van der Waals surface area contributed by atoms with Crippen LogP contribution < -0.4 is 10.6 Å². The first-order valence-electron chi connectivity index (χ1n) is 5.35. The van der Waals surface area contributed by atoms with Crippen molar-refractivity contribution in [2.75, 3.05) is 17.2 Å². The Morgan fingerprint density at radius 2 is 2.28 bits per heavy atom. The molecule has 0 atom stereocenters. The molecule has 5 nitrogen and oxygen atoms in total. The van der Waals surface area contributed by atoms with Crippen molar-refractivity contribution in [3.63, 3.8) is 0 Å². The molecule has 0 radical (unpaired) electrons. The second kappa shape index (κ2) is 5.97. The zero-order chi connectivity index (χ0) is 12.8. The van der Waals surface area contributed by atoms with E-state index in [0.717, 1.165) is 5.69 Å². The van der Waals surface area contributed by atoms with Crippen molar-refractivity contribution in [2.45, 2.75) is 0 Å². The van der Waals surface area contributed by atoms with Gasteiger partial charge in [-0.05, 0) is 18.2 Å². The van der Waals surface area contributed by atoms with E-state index in [1.807, 2.05) is 12.1 Å². The van der Waals surface area contributed by atoms with E-state index in [9.17, 15) is 0 Å². The van der Waals surface area contributed by atoms with Crippen LogP contribution in [-0.4, -0.2) is 21.7 Å². The van der Waals surface area contributed by atoms with Crippen molar-refractivity contribution in [3.05, 3.63) is 48.1 Å². The monoisotopic (exact) mass is 261 g/mol. The average Bonchev–Trinajstić information content (AvgIpc) is 2.37. The smallest absolute Gasteiger partial charge is 0.249 e. The molecule has 0 spiro atoms. The van der Waals surface area contributed by atoms with E-state index in [1.54, 1.807) is 24.4 Å². The first kappa shape index (κ1) is 12.3. The summed E-state index contributed by atoms with van der Waals surface area (Å²) in [4.78, 5) is 4.25. The van der Waals surface area contributed by atoms with E-state index in [4.69, 9.17) is 11.6 Å². The molecule has 1 aromatic heterocycles. The molecular weight excluding hydrogens is 250 g/mol. The highest BCUT2D eigenvalue weighted by atomic mass is 35.5. The molecule has 0 bridgehead atoms. The summed E-state index contributed by atoms with van der Waals surface area (Å²) >= 11 is 5.89. The first-order chi connectivity index (χ1) is 8.78.